The van der Waals surface area contributed by atoms with E-state index < -0.39 is 12.1 Å². The average Bonchev–Trinajstić information content (AvgIpc) is 3.32. The zero-order valence-corrected chi connectivity index (χ0v) is 18.2. The van der Waals surface area contributed by atoms with Crippen molar-refractivity contribution in [3.63, 3.8) is 0 Å². The number of aromatic hydroxyl groups is 1. The SMILES string of the molecule is O=C(Nc1ccccc1Oc1ccccc1)N1N=C(c2cccnc2)CC1c1ccccc1O. The molecule has 2 heterocycles. The minimum absolute atomic E-state index is 0.112. The zero-order valence-electron chi connectivity index (χ0n) is 18.2. The summed E-state index contributed by atoms with van der Waals surface area (Å²) >= 11 is 0. The van der Waals surface area contributed by atoms with Gasteiger partial charge in [0.2, 0.25) is 0 Å². The van der Waals surface area contributed by atoms with E-state index in [1.165, 1.54) is 5.01 Å². The van der Waals surface area contributed by atoms with Crippen molar-refractivity contribution in [2.75, 3.05) is 5.32 Å². The maximum atomic E-state index is 13.4. The summed E-state index contributed by atoms with van der Waals surface area (Å²) in [6, 6.07) is 26.4. The summed E-state index contributed by atoms with van der Waals surface area (Å²) in [6.45, 7) is 0. The number of benzene rings is 3. The minimum atomic E-state index is -0.474. The second-order valence-electron chi connectivity index (χ2n) is 7.75. The second-order valence-corrected chi connectivity index (χ2v) is 7.75. The number of amides is 2. The predicted octanol–water partition coefficient (Wildman–Crippen LogP) is 5.96. The molecule has 0 bridgehead atoms. The minimum Gasteiger partial charge on any atom is -0.508 e. The number of hydrogen-bond acceptors (Lipinski definition) is 5. The lowest BCUT2D eigenvalue weighted by atomic mass is 9.98. The molecule has 5 rings (SSSR count). The summed E-state index contributed by atoms with van der Waals surface area (Å²) in [5.74, 6) is 1.28. The molecule has 0 radical (unpaired) electrons. The lowest BCUT2D eigenvalue weighted by Crippen LogP contribution is -2.31. The molecular weight excluding hydrogens is 428 g/mol. The van der Waals surface area contributed by atoms with Crippen molar-refractivity contribution in [3.8, 4) is 17.2 Å². The van der Waals surface area contributed by atoms with E-state index in [2.05, 4.69) is 15.4 Å². The first-order chi connectivity index (χ1) is 16.7. The van der Waals surface area contributed by atoms with Gasteiger partial charge in [-0.1, -0.05) is 54.6 Å². The van der Waals surface area contributed by atoms with E-state index in [1.54, 1.807) is 42.7 Å². The smallest absolute Gasteiger partial charge is 0.342 e. The largest absolute Gasteiger partial charge is 0.508 e. The van der Waals surface area contributed by atoms with Crippen LogP contribution in [0.25, 0.3) is 0 Å². The molecule has 1 aliphatic rings. The van der Waals surface area contributed by atoms with Crippen LogP contribution in [0.4, 0.5) is 10.5 Å². The number of carbonyl (C=O) groups is 1. The Balaban J connectivity index is 1.45. The number of nitrogens with zero attached hydrogens (tertiary/aromatic N) is 3. The number of aromatic nitrogens is 1. The first-order valence-corrected chi connectivity index (χ1v) is 10.9. The number of carbonyl (C=O) groups excluding carboxylic acids is 1. The Hall–Kier alpha value is -4.65. The highest BCUT2D eigenvalue weighted by molar-refractivity contribution is 6.04. The molecule has 0 aliphatic carbocycles. The normalized spacial score (nSPS) is 15.0. The van der Waals surface area contributed by atoms with Crippen molar-refractivity contribution < 1.29 is 14.6 Å². The first kappa shape index (κ1) is 21.2. The summed E-state index contributed by atoms with van der Waals surface area (Å²) in [5.41, 5.74) is 2.67. The van der Waals surface area contributed by atoms with Gasteiger partial charge in [0.05, 0.1) is 17.4 Å². The van der Waals surface area contributed by atoms with E-state index in [9.17, 15) is 9.90 Å². The Kier molecular flexibility index (Phi) is 5.90. The van der Waals surface area contributed by atoms with Crippen LogP contribution >= 0.6 is 0 Å². The van der Waals surface area contributed by atoms with Gasteiger partial charge in [-0.05, 0) is 36.4 Å². The van der Waals surface area contributed by atoms with Gasteiger partial charge in [-0.25, -0.2) is 9.80 Å². The standard InChI is InChI=1S/C27H22N4O3/c32-25-14-6-4-12-21(25)24-17-23(19-9-8-16-28-18-19)30-31(24)27(33)29-22-13-5-7-15-26(22)34-20-10-2-1-3-11-20/h1-16,18,24,32H,17H2,(H,29,33). The number of phenols is 1. The topological polar surface area (TPSA) is 87.0 Å². The molecule has 0 fully saturated rings. The molecule has 168 valence electrons. The highest BCUT2D eigenvalue weighted by atomic mass is 16.5. The van der Waals surface area contributed by atoms with Gasteiger partial charge in [0.1, 0.15) is 11.5 Å². The van der Waals surface area contributed by atoms with Crippen LogP contribution in [0.5, 0.6) is 17.2 Å². The molecule has 1 aromatic heterocycles. The second kappa shape index (κ2) is 9.46. The molecule has 1 aliphatic heterocycles. The van der Waals surface area contributed by atoms with Crippen molar-refractivity contribution in [1.82, 2.24) is 9.99 Å². The van der Waals surface area contributed by atoms with Crippen molar-refractivity contribution in [1.29, 1.82) is 0 Å². The summed E-state index contributed by atoms with van der Waals surface area (Å²) < 4.78 is 5.98. The molecule has 0 saturated heterocycles. The van der Waals surface area contributed by atoms with Gasteiger partial charge < -0.3 is 15.2 Å². The van der Waals surface area contributed by atoms with Crippen LogP contribution in [0.15, 0.2) is 108 Å². The molecular formula is C27H22N4O3. The van der Waals surface area contributed by atoms with Gasteiger partial charge in [0.15, 0.2) is 5.75 Å². The van der Waals surface area contributed by atoms with Gasteiger partial charge in [-0.15, -0.1) is 0 Å². The Morgan fingerprint density at radius 2 is 1.71 bits per heavy atom. The molecule has 4 aromatic rings. The number of rotatable bonds is 5. The summed E-state index contributed by atoms with van der Waals surface area (Å²) in [7, 11) is 0. The van der Waals surface area contributed by atoms with Gasteiger partial charge in [0, 0.05) is 29.9 Å². The van der Waals surface area contributed by atoms with E-state index in [1.807, 2.05) is 60.7 Å². The molecule has 7 nitrogen and oxygen atoms in total. The van der Waals surface area contributed by atoms with Crippen molar-refractivity contribution in [2.24, 2.45) is 5.10 Å². The fraction of sp³-hybridized carbons (Fsp3) is 0.0741. The van der Waals surface area contributed by atoms with Crippen LogP contribution in [0.2, 0.25) is 0 Å². The van der Waals surface area contributed by atoms with Gasteiger partial charge >= 0.3 is 6.03 Å². The van der Waals surface area contributed by atoms with Gasteiger partial charge in [0.25, 0.3) is 0 Å². The highest BCUT2D eigenvalue weighted by Gasteiger charge is 2.35. The molecule has 34 heavy (non-hydrogen) atoms. The number of para-hydroxylation sites is 4. The molecule has 7 heteroatoms. The van der Waals surface area contributed by atoms with Crippen molar-refractivity contribution in [2.45, 2.75) is 12.5 Å². The quantitative estimate of drug-likeness (QED) is 0.393. The average molecular weight is 450 g/mol. The predicted molar refractivity (Wildman–Crippen MR) is 130 cm³/mol. The van der Waals surface area contributed by atoms with E-state index in [0.29, 0.717) is 34.9 Å². The fourth-order valence-electron chi connectivity index (χ4n) is 3.86. The number of hydrogen-bond donors (Lipinski definition) is 2. The number of ether oxygens (including phenoxy) is 1. The summed E-state index contributed by atoms with van der Waals surface area (Å²) in [4.78, 5) is 17.6. The molecule has 1 atom stereocenters. The van der Waals surface area contributed by atoms with E-state index in [4.69, 9.17) is 4.74 Å². The lowest BCUT2D eigenvalue weighted by molar-refractivity contribution is 0.199. The van der Waals surface area contributed by atoms with E-state index >= 15 is 0 Å². The third-order valence-corrected chi connectivity index (χ3v) is 5.51. The lowest BCUT2D eigenvalue weighted by Gasteiger charge is -2.23. The van der Waals surface area contributed by atoms with Crippen molar-refractivity contribution >= 4 is 17.4 Å². The van der Waals surface area contributed by atoms with E-state index in [-0.39, 0.29) is 5.75 Å². The maximum Gasteiger partial charge on any atom is 0.342 e. The Labute approximate surface area is 197 Å². The fourth-order valence-corrected chi connectivity index (χ4v) is 3.86. The van der Waals surface area contributed by atoms with Gasteiger partial charge in [-0.2, -0.15) is 5.10 Å². The van der Waals surface area contributed by atoms with Crippen LogP contribution in [0.1, 0.15) is 23.6 Å². The van der Waals surface area contributed by atoms with Crippen LogP contribution in [-0.4, -0.2) is 26.8 Å². The third kappa shape index (κ3) is 4.45. The Morgan fingerprint density at radius 1 is 0.941 bits per heavy atom. The molecule has 0 saturated carbocycles. The maximum absolute atomic E-state index is 13.4. The molecule has 1 unspecified atom stereocenters. The molecule has 2 amide bonds. The third-order valence-electron chi connectivity index (χ3n) is 5.51. The number of anilines is 1. The Morgan fingerprint density at radius 3 is 2.50 bits per heavy atom. The van der Waals surface area contributed by atoms with Crippen LogP contribution in [-0.2, 0) is 0 Å². The summed E-state index contributed by atoms with van der Waals surface area (Å²) in [6.07, 6.45) is 3.84. The number of pyridine rings is 1. The van der Waals surface area contributed by atoms with Crippen LogP contribution < -0.4 is 10.1 Å². The first-order valence-electron chi connectivity index (χ1n) is 10.9. The Bertz CT molecular complexity index is 1330. The van der Waals surface area contributed by atoms with E-state index in [0.717, 1.165) is 5.56 Å². The zero-order chi connectivity index (χ0) is 23.3. The molecule has 2 N–H and O–H groups in total. The number of nitrogens with one attached hydrogen (secondary N) is 1. The number of urea groups is 1. The molecule has 0 spiro atoms. The monoisotopic (exact) mass is 450 g/mol. The van der Waals surface area contributed by atoms with Crippen molar-refractivity contribution in [3.05, 3.63) is 115 Å². The van der Waals surface area contributed by atoms with Gasteiger partial charge in [-0.3, -0.25) is 4.98 Å². The number of hydrazone groups is 1. The van der Waals surface area contributed by atoms with Crippen LogP contribution in [0.3, 0.4) is 0 Å². The van der Waals surface area contributed by atoms with Crippen LogP contribution in [0, 0.1) is 0 Å². The number of phenolic OH excluding ortho intramolecular Hbond substituents is 1. The summed E-state index contributed by atoms with van der Waals surface area (Å²) in [5, 5.41) is 19.4. The highest BCUT2D eigenvalue weighted by Crippen LogP contribution is 2.38. The molecule has 3 aromatic carbocycles.